The van der Waals surface area contributed by atoms with Crippen LogP contribution in [-0.4, -0.2) is 79.6 Å². The van der Waals surface area contributed by atoms with Crippen LogP contribution in [0.5, 0.6) is 0 Å². The second-order valence-corrected chi connectivity index (χ2v) is 13.3. The molecule has 3 aromatic rings. The quantitative estimate of drug-likeness (QED) is 0.156. The third-order valence-electron chi connectivity index (χ3n) is 8.21. The Morgan fingerprint density at radius 2 is 1.89 bits per heavy atom. The first kappa shape index (κ1) is 33.6. The van der Waals surface area contributed by atoms with Crippen LogP contribution in [0.4, 0.5) is 11.8 Å². The third-order valence-corrected chi connectivity index (χ3v) is 10.3. The molecule has 46 heavy (non-hydrogen) atoms. The smallest absolute Gasteiger partial charge is 0.344 e. The molecule has 0 aliphatic carbocycles. The molecule has 13 nitrogen and oxygen atoms in total. The molecular formula is C32H41N8O5P. The van der Waals surface area contributed by atoms with Gasteiger partial charge in [0.25, 0.3) is 14.4 Å². The number of nitrogens with zero attached hydrogens (tertiary/aromatic N) is 7. The predicted octanol–water partition coefficient (Wildman–Crippen LogP) is 4.83. The summed E-state index contributed by atoms with van der Waals surface area (Å²) in [5, 5.41) is 2.77. The number of rotatable bonds is 13. The summed E-state index contributed by atoms with van der Waals surface area (Å²) in [6, 6.07) is 10.2. The highest BCUT2D eigenvalue weighted by atomic mass is 31.2. The van der Waals surface area contributed by atoms with Gasteiger partial charge in [-0.1, -0.05) is 25.1 Å². The van der Waals surface area contributed by atoms with Crippen molar-refractivity contribution < 1.29 is 18.6 Å². The number of aryl methyl sites for hydroxylation is 1. The summed E-state index contributed by atoms with van der Waals surface area (Å²) in [7, 11) is -1.61. The van der Waals surface area contributed by atoms with Crippen LogP contribution in [0.25, 0.3) is 4.85 Å². The Labute approximate surface area is 270 Å². The number of anilines is 2. The topological polar surface area (TPSA) is 128 Å². The first-order valence-corrected chi connectivity index (χ1v) is 16.6. The number of morpholine rings is 1. The zero-order chi connectivity index (χ0) is 33.0. The Morgan fingerprint density at radius 1 is 1.20 bits per heavy atom. The standard InChI is InChI=1S/C32H41N8O5P/c1-8-32-20-39(30-34-15-12-16-35-30)25(26(32)45-46(43-18-17-33-7)40(21(2)3)22(4)5)29(44-32)38-19-23(6)27(37-31(38)42)36-28(41)24-13-10-9-11-14-24/h9-16,19,21-22,25-26,29H,8,17-18,20H2,1-6H3,(H,36,37,41,42)/t25-,26+,29-,32+,46?/m1/s1. The predicted molar refractivity (Wildman–Crippen MR) is 175 cm³/mol. The number of benzene rings is 1. The van der Waals surface area contributed by atoms with Crippen LogP contribution in [0.15, 0.2) is 59.8 Å². The second kappa shape index (κ2) is 14.3. The number of carbonyl (C=O) groups is 1. The molecule has 5 atom stereocenters. The van der Waals surface area contributed by atoms with Crippen LogP contribution < -0.4 is 15.9 Å². The molecule has 5 rings (SSSR count). The minimum Gasteiger partial charge on any atom is -0.344 e. The molecule has 1 aromatic carbocycles. The van der Waals surface area contributed by atoms with Gasteiger partial charge in [-0.2, -0.15) is 4.98 Å². The average molecular weight is 649 g/mol. The Bertz CT molecular complexity index is 1590. The Balaban J connectivity index is 1.53. The molecule has 14 heteroatoms. The van der Waals surface area contributed by atoms with Gasteiger partial charge in [0.2, 0.25) is 12.5 Å². The SMILES string of the molecule is [C-]#[N+]CCOP(O[C@H]1[C@@H]2[C@H](n3cc(C)c(NC(=O)c4ccccc4)nc3=O)O[C@@]1(CC)CN2c1ncccn1)N(C(C)C)C(C)C. The highest BCUT2D eigenvalue weighted by molar-refractivity contribution is 7.44. The van der Waals surface area contributed by atoms with Crippen LogP contribution in [0.3, 0.4) is 0 Å². The van der Waals surface area contributed by atoms with E-state index >= 15 is 0 Å². The van der Waals surface area contributed by atoms with Crippen LogP contribution in [-0.2, 0) is 13.8 Å². The molecule has 1 amide bonds. The average Bonchev–Trinajstić information content (AvgIpc) is 3.52. The molecule has 0 spiro atoms. The molecule has 244 valence electrons. The highest BCUT2D eigenvalue weighted by Crippen LogP contribution is 2.57. The number of ether oxygens (including phenoxy) is 1. The highest BCUT2D eigenvalue weighted by Gasteiger charge is 2.66. The van der Waals surface area contributed by atoms with Crippen molar-refractivity contribution in [3.8, 4) is 0 Å². The van der Waals surface area contributed by atoms with Gasteiger partial charge in [-0.15, -0.1) is 0 Å². The van der Waals surface area contributed by atoms with Crippen LogP contribution in [0.1, 0.15) is 63.2 Å². The lowest BCUT2D eigenvalue weighted by Gasteiger charge is -2.38. The number of fused-ring (bicyclic) bond motifs is 2. The molecule has 0 saturated carbocycles. The summed E-state index contributed by atoms with van der Waals surface area (Å²) in [5.74, 6) is 0.319. The largest absolute Gasteiger partial charge is 0.351 e. The van der Waals surface area contributed by atoms with E-state index in [1.165, 1.54) is 4.57 Å². The fourth-order valence-corrected chi connectivity index (χ4v) is 7.93. The molecule has 2 bridgehead atoms. The molecule has 2 aliphatic rings. The second-order valence-electron chi connectivity index (χ2n) is 11.9. The lowest BCUT2D eigenvalue weighted by atomic mass is 9.96. The van der Waals surface area contributed by atoms with Gasteiger partial charge >= 0.3 is 5.69 Å². The van der Waals surface area contributed by atoms with Crippen molar-refractivity contribution >= 4 is 26.2 Å². The maximum absolute atomic E-state index is 13.7. The van der Waals surface area contributed by atoms with Crippen molar-refractivity contribution in [2.24, 2.45) is 0 Å². The van der Waals surface area contributed by atoms with E-state index in [4.69, 9.17) is 20.4 Å². The Hall–Kier alpha value is -3.79. The molecule has 0 radical (unpaired) electrons. The first-order valence-electron chi connectivity index (χ1n) is 15.5. The van der Waals surface area contributed by atoms with Gasteiger partial charge in [0, 0.05) is 41.8 Å². The minimum absolute atomic E-state index is 0.106. The first-order chi connectivity index (χ1) is 22.1. The number of carbonyl (C=O) groups excluding carboxylic acids is 1. The third kappa shape index (κ3) is 6.68. The van der Waals surface area contributed by atoms with Gasteiger partial charge < -0.3 is 28.8 Å². The van der Waals surface area contributed by atoms with E-state index in [0.29, 0.717) is 30.0 Å². The zero-order valence-corrected chi connectivity index (χ0v) is 27.9. The molecule has 1 unspecified atom stereocenters. The number of hydrogen-bond donors (Lipinski definition) is 1. The fourth-order valence-electron chi connectivity index (χ4n) is 6.13. The monoisotopic (exact) mass is 648 g/mol. The number of amides is 1. The van der Waals surface area contributed by atoms with Crippen molar-refractivity contribution in [3.05, 3.63) is 88.0 Å². The molecule has 4 heterocycles. The van der Waals surface area contributed by atoms with Gasteiger partial charge in [0.15, 0.2) is 6.23 Å². The summed E-state index contributed by atoms with van der Waals surface area (Å²) in [6.45, 7) is 20.3. The van der Waals surface area contributed by atoms with Crippen LogP contribution >= 0.6 is 8.53 Å². The molecule has 1 N–H and O–H groups in total. The zero-order valence-electron chi connectivity index (χ0n) is 27.0. The van der Waals surface area contributed by atoms with Crippen molar-refractivity contribution in [1.29, 1.82) is 0 Å². The number of nitrogens with one attached hydrogen (secondary N) is 1. The molecule has 2 aromatic heterocycles. The Morgan fingerprint density at radius 3 is 2.52 bits per heavy atom. The molecular weight excluding hydrogens is 607 g/mol. The van der Waals surface area contributed by atoms with E-state index in [1.54, 1.807) is 55.8 Å². The van der Waals surface area contributed by atoms with Crippen molar-refractivity contribution in [3.63, 3.8) is 0 Å². The van der Waals surface area contributed by atoms with Gasteiger partial charge in [0.05, 0.1) is 6.54 Å². The van der Waals surface area contributed by atoms with Gasteiger partial charge in [-0.3, -0.25) is 9.36 Å². The van der Waals surface area contributed by atoms with Crippen molar-refractivity contribution in [2.75, 3.05) is 29.9 Å². The fraction of sp³-hybridized carbons (Fsp3) is 0.500. The number of hydrogen-bond acceptors (Lipinski definition) is 10. The van der Waals surface area contributed by atoms with Crippen LogP contribution in [0.2, 0.25) is 0 Å². The normalized spacial score (nSPS) is 22.9. The summed E-state index contributed by atoms with van der Waals surface area (Å²) in [6.07, 6.45) is 4.27. The van der Waals surface area contributed by atoms with E-state index in [0.717, 1.165) is 0 Å². The van der Waals surface area contributed by atoms with Gasteiger partial charge in [0.1, 0.15) is 30.2 Å². The van der Waals surface area contributed by atoms with Crippen LogP contribution in [0, 0.1) is 13.5 Å². The van der Waals surface area contributed by atoms with E-state index in [9.17, 15) is 9.59 Å². The van der Waals surface area contributed by atoms with E-state index in [2.05, 4.69) is 57.5 Å². The van der Waals surface area contributed by atoms with E-state index in [1.807, 2.05) is 17.9 Å². The maximum atomic E-state index is 13.7. The summed E-state index contributed by atoms with van der Waals surface area (Å²) < 4.78 is 23.7. The molecule has 2 fully saturated rings. The van der Waals surface area contributed by atoms with Gasteiger partial charge in [-0.25, -0.2) is 26.0 Å². The lowest BCUT2D eigenvalue weighted by molar-refractivity contribution is -0.104. The minimum atomic E-state index is -1.61. The molecule has 2 saturated heterocycles. The maximum Gasteiger partial charge on any atom is 0.351 e. The van der Waals surface area contributed by atoms with E-state index < -0.39 is 38.2 Å². The lowest BCUT2D eigenvalue weighted by Crippen LogP contribution is -2.48. The van der Waals surface area contributed by atoms with Crippen molar-refractivity contribution in [1.82, 2.24) is 24.2 Å². The number of aromatic nitrogens is 4. The van der Waals surface area contributed by atoms with Gasteiger partial charge in [-0.05, 0) is 59.2 Å². The summed E-state index contributed by atoms with van der Waals surface area (Å²) >= 11 is 0. The van der Waals surface area contributed by atoms with E-state index in [-0.39, 0.29) is 37.0 Å². The Kier molecular flexibility index (Phi) is 10.5. The van der Waals surface area contributed by atoms with Crippen molar-refractivity contribution in [2.45, 2.75) is 84.0 Å². The summed E-state index contributed by atoms with van der Waals surface area (Å²) in [4.78, 5) is 45.4. The summed E-state index contributed by atoms with van der Waals surface area (Å²) in [5.41, 5.74) is -0.353. The molecule has 2 aliphatic heterocycles.